The molecule has 4 atom stereocenters. The third-order valence-corrected chi connectivity index (χ3v) is 6.89. The van der Waals surface area contributed by atoms with Gasteiger partial charge >= 0.3 is 5.97 Å². The molecular formula is C20H25N3O2. The van der Waals surface area contributed by atoms with Crippen LogP contribution < -0.4 is 4.90 Å². The smallest absolute Gasteiger partial charge is 0.340 e. The number of carbonyl (C=O) groups excluding carboxylic acids is 1. The lowest BCUT2D eigenvalue weighted by Gasteiger charge is -2.40. The van der Waals surface area contributed by atoms with Crippen molar-refractivity contribution in [1.29, 1.82) is 0 Å². The average molecular weight is 339 g/mol. The zero-order valence-electron chi connectivity index (χ0n) is 14.9. The number of rotatable bonds is 3. The first-order chi connectivity index (χ1) is 12.2. The number of fused-ring (bicyclic) bond motifs is 3. The molecule has 6 rings (SSSR count). The van der Waals surface area contributed by atoms with Gasteiger partial charge in [0.25, 0.3) is 0 Å². The third-order valence-electron chi connectivity index (χ3n) is 6.89. The first-order valence-electron chi connectivity index (χ1n) is 9.53. The van der Waals surface area contributed by atoms with Crippen molar-refractivity contribution in [1.82, 2.24) is 9.78 Å². The first-order valence-corrected chi connectivity index (χ1v) is 9.53. The van der Waals surface area contributed by atoms with Crippen LogP contribution in [0.5, 0.6) is 0 Å². The summed E-state index contributed by atoms with van der Waals surface area (Å²) in [5.74, 6) is 3.33. The largest absolute Gasteiger partial charge is 0.465 e. The van der Waals surface area contributed by atoms with Crippen molar-refractivity contribution < 1.29 is 9.53 Å². The van der Waals surface area contributed by atoms with Crippen LogP contribution in [0.25, 0.3) is 10.9 Å². The summed E-state index contributed by atoms with van der Waals surface area (Å²) < 4.78 is 6.88. The number of nitrogens with zero attached hydrogens (tertiary/aromatic N) is 3. The Morgan fingerprint density at radius 3 is 2.88 bits per heavy atom. The summed E-state index contributed by atoms with van der Waals surface area (Å²) in [5.41, 5.74) is 2.57. The Bertz CT molecular complexity index is 843. The molecule has 2 saturated carbocycles. The molecular weight excluding hydrogens is 314 g/mol. The molecule has 4 bridgehead atoms. The summed E-state index contributed by atoms with van der Waals surface area (Å²) in [6.07, 6.45) is 6.34. The molecule has 2 aromatic rings. The monoisotopic (exact) mass is 339 g/mol. The fraction of sp³-hybridized carbons (Fsp3) is 0.600. The molecule has 0 spiro atoms. The highest BCUT2D eigenvalue weighted by atomic mass is 16.5. The number of hydrogen-bond acceptors (Lipinski definition) is 4. The van der Waals surface area contributed by atoms with Gasteiger partial charge < -0.3 is 9.64 Å². The zero-order valence-corrected chi connectivity index (χ0v) is 14.9. The van der Waals surface area contributed by atoms with Crippen LogP contribution in [0.15, 0.2) is 18.3 Å². The lowest BCUT2D eigenvalue weighted by molar-refractivity contribution is 0.0602. The maximum atomic E-state index is 12.1. The van der Waals surface area contributed by atoms with Gasteiger partial charge in [-0.2, -0.15) is 5.10 Å². The van der Waals surface area contributed by atoms with Crippen molar-refractivity contribution in [3.05, 3.63) is 23.9 Å². The van der Waals surface area contributed by atoms with Crippen molar-refractivity contribution in [2.24, 2.45) is 23.7 Å². The lowest BCUT2D eigenvalue weighted by Crippen LogP contribution is -2.37. The summed E-state index contributed by atoms with van der Waals surface area (Å²) in [4.78, 5) is 14.7. The van der Waals surface area contributed by atoms with Gasteiger partial charge in [0, 0.05) is 36.9 Å². The van der Waals surface area contributed by atoms with Crippen molar-refractivity contribution >= 4 is 22.6 Å². The van der Waals surface area contributed by atoms with E-state index < -0.39 is 0 Å². The van der Waals surface area contributed by atoms with E-state index >= 15 is 0 Å². The topological polar surface area (TPSA) is 47.4 Å². The summed E-state index contributed by atoms with van der Waals surface area (Å²) >= 11 is 0. The molecule has 1 unspecified atom stereocenters. The highest BCUT2D eigenvalue weighted by Crippen LogP contribution is 2.57. The van der Waals surface area contributed by atoms with Crippen molar-refractivity contribution in [3.8, 4) is 0 Å². The van der Waals surface area contributed by atoms with Gasteiger partial charge in [0.15, 0.2) is 0 Å². The van der Waals surface area contributed by atoms with Crippen LogP contribution in [-0.2, 0) is 11.3 Å². The Labute approximate surface area is 147 Å². The van der Waals surface area contributed by atoms with Crippen LogP contribution >= 0.6 is 0 Å². The zero-order chi connectivity index (χ0) is 17.1. The number of benzene rings is 1. The predicted molar refractivity (Wildman–Crippen MR) is 96.8 cm³/mol. The Morgan fingerprint density at radius 2 is 2.08 bits per heavy atom. The number of anilines is 1. The van der Waals surface area contributed by atoms with E-state index in [1.54, 1.807) is 0 Å². The van der Waals surface area contributed by atoms with Crippen LogP contribution in [0, 0.1) is 23.7 Å². The molecule has 132 valence electrons. The molecule has 4 fully saturated rings. The Kier molecular flexibility index (Phi) is 3.34. The second kappa shape index (κ2) is 5.48. The second-order valence-electron chi connectivity index (χ2n) is 7.94. The molecule has 5 heteroatoms. The fourth-order valence-electron chi connectivity index (χ4n) is 5.59. The number of aryl methyl sites for hydroxylation is 1. The minimum Gasteiger partial charge on any atom is -0.465 e. The number of ether oxygens (including phenoxy) is 1. The van der Waals surface area contributed by atoms with Crippen LogP contribution in [0.2, 0.25) is 0 Å². The predicted octanol–water partition coefficient (Wildman–Crippen LogP) is 3.33. The molecule has 0 amide bonds. The van der Waals surface area contributed by atoms with Gasteiger partial charge in [0.2, 0.25) is 0 Å². The molecule has 5 nitrogen and oxygen atoms in total. The second-order valence-corrected chi connectivity index (χ2v) is 7.94. The normalized spacial score (nSPS) is 30.2. The Morgan fingerprint density at radius 1 is 1.24 bits per heavy atom. The number of aromatic nitrogens is 2. The Balaban J connectivity index is 1.59. The van der Waals surface area contributed by atoms with Gasteiger partial charge in [0.05, 0.1) is 12.7 Å². The van der Waals surface area contributed by atoms with E-state index in [-0.39, 0.29) is 5.97 Å². The quantitative estimate of drug-likeness (QED) is 0.805. The van der Waals surface area contributed by atoms with E-state index in [1.165, 1.54) is 32.1 Å². The SMILES string of the molecule is CCn1cc2c(N3C[C@H]4C[C@@H]5C4CC[C@H]5C3)ccc(C(=O)OC)c2n1. The summed E-state index contributed by atoms with van der Waals surface area (Å²) in [6, 6.07) is 4.00. The van der Waals surface area contributed by atoms with Crippen LogP contribution in [0.4, 0.5) is 5.69 Å². The van der Waals surface area contributed by atoms with E-state index in [0.717, 1.165) is 54.2 Å². The molecule has 0 radical (unpaired) electrons. The van der Waals surface area contributed by atoms with Crippen LogP contribution in [0.3, 0.4) is 0 Å². The lowest BCUT2D eigenvalue weighted by atomic mass is 9.65. The summed E-state index contributed by atoms with van der Waals surface area (Å²) in [5, 5.41) is 5.73. The van der Waals surface area contributed by atoms with Crippen molar-refractivity contribution in [2.75, 3.05) is 25.1 Å². The fourth-order valence-corrected chi connectivity index (χ4v) is 5.59. The van der Waals surface area contributed by atoms with Crippen LogP contribution in [-0.4, -0.2) is 35.9 Å². The highest BCUT2D eigenvalue weighted by Gasteiger charge is 2.52. The number of hydrogen-bond donors (Lipinski definition) is 0. The Hall–Kier alpha value is -2.04. The van der Waals surface area contributed by atoms with E-state index in [2.05, 4.69) is 29.2 Å². The molecule has 1 aromatic carbocycles. The first kappa shape index (κ1) is 15.2. The summed E-state index contributed by atoms with van der Waals surface area (Å²) in [7, 11) is 1.43. The minimum atomic E-state index is -0.310. The van der Waals surface area contributed by atoms with E-state index in [0.29, 0.717) is 5.56 Å². The number of esters is 1. The average Bonchev–Trinajstić information content (AvgIpc) is 3.06. The van der Waals surface area contributed by atoms with Gasteiger partial charge in [-0.1, -0.05) is 0 Å². The van der Waals surface area contributed by atoms with Gasteiger partial charge in [-0.05, 0) is 62.0 Å². The molecule has 2 aliphatic carbocycles. The molecule has 3 heterocycles. The molecule has 2 aliphatic heterocycles. The van der Waals surface area contributed by atoms with E-state index in [9.17, 15) is 4.79 Å². The highest BCUT2D eigenvalue weighted by molar-refractivity contribution is 6.06. The molecule has 4 aliphatic rings. The van der Waals surface area contributed by atoms with Crippen molar-refractivity contribution in [2.45, 2.75) is 32.7 Å². The van der Waals surface area contributed by atoms with Gasteiger partial charge in [0.1, 0.15) is 5.52 Å². The molecule has 0 N–H and O–H groups in total. The maximum Gasteiger partial charge on any atom is 0.340 e. The van der Waals surface area contributed by atoms with Gasteiger partial charge in [-0.15, -0.1) is 0 Å². The van der Waals surface area contributed by atoms with E-state index in [4.69, 9.17) is 4.74 Å². The maximum absolute atomic E-state index is 12.1. The standard InChI is InChI=1S/C20H25N3O2/c1-3-23-11-17-18(7-6-15(19(17)21-23)20(24)25-2)22-9-12-4-5-14-13(10-22)8-16(12)14/h6-7,11-14,16H,3-5,8-10H2,1-2H3/t12-,13+,14?,16-/m0/s1. The number of methoxy groups -OCH3 is 1. The van der Waals surface area contributed by atoms with Gasteiger partial charge in [-0.25, -0.2) is 4.79 Å². The minimum absolute atomic E-state index is 0.310. The molecule has 2 saturated heterocycles. The van der Waals surface area contributed by atoms with E-state index in [1.807, 2.05) is 10.7 Å². The number of carbonyl (C=O) groups is 1. The van der Waals surface area contributed by atoms with Crippen molar-refractivity contribution in [3.63, 3.8) is 0 Å². The van der Waals surface area contributed by atoms with Crippen LogP contribution in [0.1, 0.15) is 36.5 Å². The molecule has 25 heavy (non-hydrogen) atoms. The third kappa shape index (κ3) is 2.14. The molecule has 1 aromatic heterocycles. The summed E-state index contributed by atoms with van der Waals surface area (Å²) in [6.45, 7) is 5.18. The van der Waals surface area contributed by atoms with Gasteiger partial charge in [-0.3, -0.25) is 4.68 Å².